The van der Waals surface area contributed by atoms with Crippen LogP contribution >= 0.6 is 31.9 Å². The highest BCUT2D eigenvalue weighted by Gasteiger charge is 2.07. The molecule has 0 aliphatic carbocycles. The van der Waals surface area contributed by atoms with Crippen LogP contribution in [0.3, 0.4) is 0 Å². The summed E-state index contributed by atoms with van der Waals surface area (Å²) >= 11 is 6.54. The van der Waals surface area contributed by atoms with Crippen molar-refractivity contribution in [1.82, 2.24) is 19.9 Å². The molecule has 0 fully saturated rings. The molecule has 0 aliphatic rings. The van der Waals surface area contributed by atoms with E-state index < -0.39 is 0 Å². The van der Waals surface area contributed by atoms with Crippen molar-refractivity contribution < 1.29 is 0 Å². The third-order valence-corrected chi connectivity index (χ3v) is 3.49. The Labute approximate surface area is 97.5 Å². The molecule has 0 aromatic carbocycles. The number of fused-ring (bicyclic) bond motifs is 1. The third-order valence-electron chi connectivity index (χ3n) is 1.85. The zero-order valence-electron chi connectivity index (χ0n) is 7.54. The van der Waals surface area contributed by atoms with E-state index in [0.29, 0.717) is 20.5 Å². The molecule has 0 spiro atoms. The molecule has 0 saturated carbocycles. The summed E-state index contributed by atoms with van der Waals surface area (Å²) in [5.74, 6) is 0. The minimum atomic E-state index is 0.558. The lowest BCUT2D eigenvalue weighted by molar-refractivity contribution is 1.04. The van der Waals surface area contributed by atoms with Gasteiger partial charge in [0.2, 0.25) is 0 Å². The van der Waals surface area contributed by atoms with Crippen molar-refractivity contribution in [3.8, 4) is 0 Å². The monoisotopic (exact) mass is 316 g/mol. The van der Waals surface area contributed by atoms with Gasteiger partial charge in [0, 0.05) is 0 Å². The predicted octanol–water partition coefficient (Wildman–Crippen LogP) is 2.56. The molecular weight excluding hydrogens is 312 g/mol. The van der Waals surface area contributed by atoms with Crippen LogP contribution in [0.5, 0.6) is 0 Å². The van der Waals surface area contributed by atoms with E-state index in [1.165, 1.54) is 0 Å². The largest absolute Gasteiger partial charge is 0.229 e. The lowest BCUT2D eigenvalue weighted by Crippen LogP contribution is -1.98. The Morgan fingerprint density at radius 3 is 1.43 bits per heavy atom. The molecule has 0 unspecified atom stereocenters. The van der Waals surface area contributed by atoms with Gasteiger partial charge in [-0.15, -0.1) is 0 Å². The first-order valence-electron chi connectivity index (χ1n) is 3.92. The number of aromatic nitrogens is 4. The first-order valence-corrected chi connectivity index (χ1v) is 5.50. The molecule has 2 aromatic heterocycles. The maximum Gasteiger partial charge on any atom is 0.199 e. The predicted molar refractivity (Wildman–Crippen MR) is 60.0 cm³/mol. The molecule has 4 nitrogen and oxygen atoms in total. The first kappa shape index (κ1) is 9.92. The Morgan fingerprint density at radius 2 is 1.07 bits per heavy atom. The molecule has 2 heterocycles. The van der Waals surface area contributed by atoms with Gasteiger partial charge in [-0.2, -0.15) is 0 Å². The van der Waals surface area contributed by atoms with Crippen LogP contribution in [0.25, 0.3) is 11.3 Å². The highest BCUT2D eigenvalue weighted by Crippen LogP contribution is 2.20. The van der Waals surface area contributed by atoms with Crippen LogP contribution in [-0.4, -0.2) is 19.9 Å². The van der Waals surface area contributed by atoms with Crippen LogP contribution in [0.2, 0.25) is 0 Å². The van der Waals surface area contributed by atoms with Crippen molar-refractivity contribution in [2.75, 3.05) is 0 Å². The second kappa shape index (κ2) is 3.51. The minimum absolute atomic E-state index is 0.558. The smallest absolute Gasteiger partial charge is 0.199 e. The highest BCUT2D eigenvalue weighted by atomic mass is 79.9. The van der Waals surface area contributed by atoms with Crippen LogP contribution in [0.1, 0.15) is 11.4 Å². The van der Waals surface area contributed by atoms with Gasteiger partial charge in [-0.25, -0.2) is 19.9 Å². The first-order chi connectivity index (χ1) is 6.58. The van der Waals surface area contributed by atoms with E-state index in [0.717, 1.165) is 11.4 Å². The molecule has 0 aliphatic heterocycles. The maximum atomic E-state index is 4.29. The fraction of sp³-hybridized carbons (Fsp3) is 0.250. The Balaban J connectivity index is 2.83. The lowest BCUT2D eigenvalue weighted by atomic mass is 10.3. The van der Waals surface area contributed by atoms with Gasteiger partial charge in [0.25, 0.3) is 0 Å². The minimum Gasteiger partial charge on any atom is -0.229 e. The van der Waals surface area contributed by atoms with Gasteiger partial charge >= 0.3 is 0 Å². The van der Waals surface area contributed by atoms with E-state index in [2.05, 4.69) is 51.8 Å². The van der Waals surface area contributed by atoms with Crippen LogP contribution in [0.15, 0.2) is 9.21 Å². The van der Waals surface area contributed by atoms with Gasteiger partial charge in [-0.1, -0.05) is 0 Å². The quantitative estimate of drug-likeness (QED) is 0.749. The Bertz CT molecular complexity index is 423. The zero-order chi connectivity index (χ0) is 10.3. The molecule has 0 saturated heterocycles. The highest BCUT2D eigenvalue weighted by molar-refractivity contribution is 9.13. The van der Waals surface area contributed by atoms with E-state index in [1.807, 2.05) is 13.8 Å². The number of nitrogens with zero attached hydrogens (tertiary/aromatic N) is 4. The number of aryl methyl sites for hydroxylation is 2. The summed E-state index contributed by atoms with van der Waals surface area (Å²) in [4.78, 5) is 17.0. The second-order valence-corrected chi connectivity index (χ2v) is 4.35. The van der Waals surface area contributed by atoms with Gasteiger partial charge in [-0.05, 0) is 45.7 Å². The fourth-order valence-corrected chi connectivity index (χ4v) is 1.52. The van der Waals surface area contributed by atoms with Gasteiger partial charge in [0.15, 0.2) is 11.3 Å². The van der Waals surface area contributed by atoms with Crippen molar-refractivity contribution in [1.29, 1.82) is 0 Å². The molecule has 2 rings (SSSR count). The van der Waals surface area contributed by atoms with E-state index in [1.54, 1.807) is 0 Å². The number of hydrogen-bond donors (Lipinski definition) is 0. The Morgan fingerprint density at radius 1 is 0.714 bits per heavy atom. The Kier molecular flexibility index (Phi) is 2.48. The van der Waals surface area contributed by atoms with Crippen molar-refractivity contribution in [2.45, 2.75) is 13.8 Å². The van der Waals surface area contributed by atoms with Gasteiger partial charge in [-0.3, -0.25) is 0 Å². The summed E-state index contributed by atoms with van der Waals surface area (Å²) in [5.41, 5.74) is 2.87. The van der Waals surface area contributed by atoms with E-state index in [4.69, 9.17) is 0 Å². The summed E-state index contributed by atoms with van der Waals surface area (Å²) in [6, 6.07) is 0. The molecule has 0 bridgehead atoms. The van der Waals surface area contributed by atoms with Crippen molar-refractivity contribution in [3.05, 3.63) is 20.6 Å². The average Bonchev–Trinajstić information content (AvgIpc) is 2.11. The van der Waals surface area contributed by atoms with Crippen molar-refractivity contribution in [3.63, 3.8) is 0 Å². The van der Waals surface area contributed by atoms with Crippen LogP contribution in [-0.2, 0) is 0 Å². The Hall–Kier alpha value is -0.620. The maximum absolute atomic E-state index is 4.29. The standard InChI is InChI=1S/C8H6Br2N4/c1-3-4(2)12-8-7(11-3)13-5(9)6(10)14-8/h1-2H3. The fourth-order valence-electron chi connectivity index (χ4n) is 1.01. The topological polar surface area (TPSA) is 51.6 Å². The molecule has 6 heteroatoms. The number of halogens is 2. The second-order valence-electron chi connectivity index (χ2n) is 2.85. The number of hydrogen-bond acceptors (Lipinski definition) is 4. The molecule has 0 N–H and O–H groups in total. The van der Waals surface area contributed by atoms with E-state index in [-0.39, 0.29) is 0 Å². The molecule has 0 radical (unpaired) electrons. The molecule has 14 heavy (non-hydrogen) atoms. The number of rotatable bonds is 0. The zero-order valence-corrected chi connectivity index (χ0v) is 10.7. The van der Waals surface area contributed by atoms with E-state index in [9.17, 15) is 0 Å². The summed E-state index contributed by atoms with van der Waals surface area (Å²) in [6.07, 6.45) is 0. The molecule has 72 valence electrons. The third kappa shape index (κ3) is 1.64. The van der Waals surface area contributed by atoms with Gasteiger partial charge < -0.3 is 0 Å². The SMILES string of the molecule is Cc1nc2nc(Br)c(Br)nc2nc1C. The summed E-state index contributed by atoms with van der Waals surface area (Å²) in [5, 5.41) is 0. The average molecular weight is 318 g/mol. The van der Waals surface area contributed by atoms with Gasteiger partial charge in [0.1, 0.15) is 9.21 Å². The van der Waals surface area contributed by atoms with Crippen LogP contribution in [0, 0.1) is 13.8 Å². The van der Waals surface area contributed by atoms with Crippen LogP contribution in [0.4, 0.5) is 0 Å². The molecular formula is C8H6Br2N4. The molecule has 2 aromatic rings. The lowest BCUT2D eigenvalue weighted by Gasteiger charge is -2.01. The van der Waals surface area contributed by atoms with Crippen molar-refractivity contribution >= 4 is 43.2 Å². The molecule has 0 atom stereocenters. The van der Waals surface area contributed by atoms with Gasteiger partial charge in [0.05, 0.1) is 11.4 Å². The van der Waals surface area contributed by atoms with Crippen LogP contribution < -0.4 is 0 Å². The van der Waals surface area contributed by atoms with E-state index >= 15 is 0 Å². The van der Waals surface area contributed by atoms with Crippen molar-refractivity contribution in [2.24, 2.45) is 0 Å². The summed E-state index contributed by atoms with van der Waals surface area (Å²) in [6.45, 7) is 3.80. The molecule has 0 amide bonds. The summed E-state index contributed by atoms with van der Waals surface area (Å²) < 4.78 is 1.28. The summed E-state index contributed by atoms with van der Waals surface area (Å²) in [7, 11) is 0. The normalized spacial score (nSPS) is 10.9.